The SMILES string of the molecule is CCCCCCCCCCCCN(C)CC(=O)OC(=O)CCCCCCCCCCC.[NaH]. The molecule has 0 aliphatic rings. The van der Waals surface area contributed by atoms with Crippen LogP contribution in [0, 0.1) is 0 Å². The van der Waals surface area contributed by atoms with Crippen LogP contribution in [0.5, 0.6) is 0 Å². The summed E-state index contributed by atoms with van der Waals surface area (Å²) in [4.78, 5) is 25.7. The molecule has 0 saturated carbocycles. The van der Waals surface area contributed by atoms with Crippen molar-refractivity contribution >= 4 is 41.5 Å². The number of ether oxygens (including phenoxy) is 1. The van der Waals surface area contributed by atoms with Gasteiger partial charge in [-0.15, -0.1) is 0 Å². The van der Waals surface area contributed by atoms with Crippen LogP contribution in [-0.2, 0) is 14.3 Å². The molecule has 0 atom stereocenters. The molecule has 0 rings (SSSR count). The van der Waals surface area contributed by atoms with E-state index in [2.05, 4.69) is 13.8 Å². The van der Waals surface area contributed by atoms with Gasteiger partial charge in [0.15, 0.2) is 0 Å². The third kappa shape index (κ3) is 26.4. The average Bonchev–Trinajstić information content (AvgIpc) is 2.73. The molecular weight excluding hydrogens is 409 g/mol. The van der Waals surface area contributed by atoms with Crippen molar-refractivity contribution in [1.82, 2.24) is 4.90 Å². The first-order chi connectivity index (χ1) is 15.1. The summed E-state index contributed by atoms with van der Waals surface area (Å²) in [7, 11) is 1.93. The molecule has 0 aliphatic carbocycles. The van der Waals surface area contributed by atoms with Crippen LogP contribution in [0.2, 0.25) is 0 Å². The van der Waals surface area contributed by atoms with Gasteiger partial charge in [-0.25, -0.2) is 0 Å². The van der Waals surface area contributed by atoms with Gasteiger partial charge < -0.3 is 4.74 Å². The third-order valence-corrected chi connectivity index (χ3v) is 6.00. The second-order valence-corrected chi connectivity index (χ2v) is 9.34. The van der Waals surface area contributed by atoms with Crippen LogP contribution < -0.4 is 0 Å². The summed E-state index contributed by atoms with van der Waals surface area (Å²) in [6.07, 6.45) is 24.4. The van der Waals surface area contributed by atoms with Gasteiger partial charge in [0, 0.05) is 6.42 Å². The summed E-state index contributed by atoms with van der Waals surface area (Å²) >= 11 is 0. The van der Waals surface area contributed by atoms with E-state index in [1.54, 1.807) is 0 Å². The van der Waals surface area contributed by atoms with Crippen molar-refractivity contribution in [3.63, 3.8) is 0 Å². The first-order valence-electron chi connectivity index (χ1n) is 13.5. The molecule has 0 fully saturated rings. The number of unbranched alkanes of at least 4 members (excludes halogenated alkanes) is 17. The number of esters is 2. The third-order valence-electron chi connectivity index (χ3n) is 6.00. The quantitative estimate of drug-likeness (QED) is 0.0697. The Hall–Kier alpha value is 0.1000. The fraction of sp³-hybridized carbons (Fsp3) is 0.926. The Bertz CT molecular complexity index is 418. The van der Waals surface area contributed by atoms with E-state index < -0.39 is 5.97 Å². The normalized spacial score (nSPS) is 10.9. The molecule has 0 spiro atoms. The molecule has 0 saturated heterocycles. The van der Waals surface area contributed by atoms with Crippen molar-refractivity contribution in [2.24, 2.45) is 0 Å². The molecule has 0 radical (unpaired) electrons. The molecule has 0 heterocycles. The fourth-order valence-electron chi connectivity index (χ4n) is 3.96. The molecule has 0 N–H and O–H groups in total. The fourth-order valence-corrected chi connectivity index (χ4v) is 3.96. The van der Waals surface area contributed by atoms with Gasteiger partial charge in [0.05, 0.1) is 6.54 Å². The molecule has 4 nitrogen and oxygen atoms in total. The molecular formula is C27H54NNaO3. The number of hydrogen-bond acceptors (Lipinski definition) is 4. The summed E-state index contributed by atoms with van der Waals surface area (Å²) in [6.45, 7) is 5.59. The molecule has 0 bridgehead atoms. The average molecular weight is 464 g/mol. The number of carbonyl (C=O) groups excluding carboxylic acids is 2. The molecule has 186 valence electrons. The topological polar surface area (TPSA) is 46.6 Å². The van der Waals surface area contributed by atoms with Gasteiger partial charge in [-0.05, 0) is 26.4 Å². The molecule has 0 aromatic carbocycles. The van der Waals surface area contributed by atoms with E-state index in [9.17, 15) is 9.59 Å². The van der Waals surface area contributed by atoms with Crippen molar-refractivity contribution in [2.75, 3.05) is 20.1 Å². The van der Waals surface area contributed by atoms with Crippen molar-refractivity contribution in [3.05, 3.63) is 0 Å². The van der Waals surface area contributed by atoms with Gasteiger partial charge in [0.2, 0.25) is 0 Å². The predicted octanol–water partition coefficient (Wildman–Crippen LogP) is 7.18. The number of nitrogens with zero attached hydrogens (tertiary/aromatic N) is 1. The van der Waals surface area contributed by atoms with Crippen LogP contribution in [0.4, 0.5) is 0 Å². The van der Waals surface area contributed by atoms with Crippen molar-refractivity contribution < 1.29 is 14.3 Å². The van der Waals surface area contributed by atoms with Gasteiger partial charge in [-0.3, -0.25) is 14.5 Å². The number of rotatable bonds is 23. The van der Waals surface area contributed by atoms with Gasteiger partial charge in [-0.2, -0.15) is 0 Å². The van der Waals surface area contributed by atoms with Crippen molar-refractivity contribution in [3.8, 4) is 0 Å². The minimum atomic E-state index is -0.407. The first kappa shape index (κ1) is 34.3. The summed E-state index contributed by atoms with van der Waals surface area (Å²) in [6, 6.07) is 0. The Morgan fingerprint density at radius 3 is 1.38 bits per heavy atom. The Morgan fingerprint density at radius 2 is 0.938 bits per heavy atom. The van der Waals surface area contributed by atoms with Crippen LogP contribution in [0.15, 0.2) is 0 Å². The van der Waals surface area contributed by atoms with E-state index in [4.69, 9.17) is 4.74 Å². The van der Waals surface area contributed by atoms with Crippen molar-refractivity contribution in [2.45, 2.75) is 142 Å². The summed E-state index contributed by atoms with van der Waals surface area (Å²) in [5, 5.41) is 0. The van der Waals surface area contributed by atoms with Crippen LogP contribution in [0.3, 0.4) is 0 Å². The first-order valence-corrected chi connectivity index (χ1v) is 13.5. The second-order valence-electron chi connectivity index (χ2n) is 9.34. The van der Waals surface area contributed by atoms with E-state index in [1.807, 2.05) is 11.9 Å². The molecule has 0 aliphatic heterocycles. The Balaban J connectivity index is 0. The number of likely N-dealkylation sites (N-methyl/N-ethyl adjacent to an activating group) is 1. The van der Waals surface area contributed by atoms with Gasteiger partial charge in [0.1, 0.15) is 0 Å². The van der Waals surface area contributed by atoms with E-state index in [1.165, 1.54) is 103 Å². The molecule has 0 amide bonds. The zero-order valence-electron chi connectivity index (χ0n) is 21.2. The Labute approximate surface area is 222 Å². The van der Waals surface area contributed by atoms with Gasteiger partial charge in [-0.1, -0.05) is 123 Å². The molecule has 0 aromatic heterocycles. The van der Waals surface area contributed by atoms with E-state index in [-0.39, 0.29) is 42.1 Å². The maximum atomic E-state index is 11.9. The monoisotopic (exact) mass is 463 g/mol. The van der Waals surface area contributed by atoms with Crippen LogP contribution in [-0.4, -0.2) is 66.5 Å². The summed E-state index contributed by atoms with van der Waals surface area (Å²) in [5.74, 6) is -0.768. The number of hydrogen-bond donors (Lipinski definition) is 0. The molecule has 32 heavy (non-hydrogen) atoms. The van der Waals surface area contributed by atoms with Crippen LogP contribution >= 0.6 is 0 Å². The summed E-state index contributed by atoms with van der Waals surface area (Å²) < 4.78 is 4.97. The zero-order chi connectivity index (χ0) is 23.0. The standard InChI is InChI=1S/C27H53NO3.Na.H/c1-4-6-8-10-12-14-16-18-20-22-24-28(3)25-27(30)31-26(29)23-21-19-17-15-13-11-9-7-5-2;;/h4-25H2,1-3H3;;. The van der Waals surface area contributed by atoms with E-state index >= 15 is 0 Å². The van der Waals surface area contributed by atoms with Gasteiger partial charge in [0.25, 0.3) is 0 Å². The molecule has 0 unspecified atom stereocenters. The zero-order valence-corrected chi connectivity index (χ0v) is 21.2. The summed E-state index contributed by atoms with van der Waals surface area (Å²) in [5.41, 5.74) is 0. The maximum absolute atomic E-state index is 11.9. The molecule has 0 aromatic rings. The Morgan fingerprint density at radius 1 is 0.562 bits per heavy atom. The second kappa shape index (κ2) is 27.3. The Kier molecular flexibility index (Phi) is 29.3. The minimum absolute atomic E-state index is 0. The molecule has 5 heteroatoms. The van der Waals surface area contributed by atoms with E-state index in [0.717, 1.165) is 25.8 Å². The van der Waals surface area contributed by atoms with Gasteiger partial charge >= 0.3 is 41.5 Å². The van der Waals surface area contributed by atoms with Crippen LogP contribution in [0.25, 0.3) is 0 Å². The van der Waals surface area contributed by atoms with Crippen molar-refractivity contribution in [1.29, 1.82) is 0 Å². The number of carbonyl (C=O) groups is 2. The van der Waals surface area contributed by atoms with Crippen LogP contribution in [0.1, 0.15) is 142 Å². The predicted molar refractivity (Wildman–Crippen MR) is 139 cm³/mol. The van der Waals surface area contributed by atoms with E-state index in [0.29, 0.717) is 6.42 Å².